The van der Waals surface area contributed by atoms with Crippen molar-refractivity contribution in [2.75, 3.05) is 18.0 Å². The Morgan fingerprint density at radius 1 is 1.21 bits per heavy atom. The van der Waals surface area contributed by atoms with Gasteiger partial charge in [0.15, 0.2) is 0 Å². The van der Waals surface area contributed by atoms with E-state index in [0.717, 1.165) is 49.3 Å². The minimum Gasteiger partial charge on any atom is -0.356 e. The fourth-order valence-corrected chi connectivity index (χ4v) is 3.66. The van der Waals surface area contributed by atoms with Gasteiger partial charge in [-0.3, -0.25) is 0 Å². The summed E-state index contributed by atoms with van der Waals surface area (Å²) in [4.78, 5) is 19.0. The quantitative estimate of drug-likeness (QED) is 0.782. The second-order valence-electron chi connectivity index (χ2n) is 6.53. The predicted octanol–water partition coefficient (Wildman–Crippen LogP) is 3.34. The highest BCUT2D eigenvalue weighted by molar-refractivity contribution is 5.87. The number of aromatic amines is 1. The van der Waals surface area contributed by atoms with Crippen LogP contribution in [0.1, 0.15) is 44.3 Å². The van der Waals surface area contributed by atoms with Gasteiger partial charge in [0.25, 0.3) is 0 Å². The van der Waals surface area contributed by atoms with Gasteiger partial charge in [-0.25, -0.2) is 15.0 Å². The van der Waals surface area contributed by atoms with Crippen LogP contribution in [0.15, 0.2) is 31.0 Å². The number of piperidine rings is 1. The lowest BCUT2D eigenvalue weighted by Crippen LogP contribution is -2.34. The van der Waals surface area contributed by atoms with Crippen molar-refractivity contribution in [2.45, 2.75) is 45.1 Å². The van der Waals surface area contributed by atoms with Crippen LogP contribution in [0.2, 0.25) is 0 Å². The Labute approximate surface area is 141 Å². The Bertz CT molecular complexity index is 797. The van der Waals surface area contributed by atoms with E-state index in [0.29, 0.717) is 5.92 Å². The van der Waals surface area contributed by atoms with E-state index in [9.17, 15) is 0 Å². The average molecular weight is 324 g/mol. The molecule has 24 heavy (non-hydrogen) atoms. The molecule has 4 heterocycles. The molecule has 1 aliphatic rings. The molecule has 6 heteroatoms. The summed E-state index contributed by atoms with van der Waals surface area (Å²) in [6.07, 6.45) is 12.3. The van der Waals surface area contributed by atoms with Gasteiger partial charge >= 0.3 is 0 Å². The maximum Gasteiger partial charge on any atom is 0.142 e. The summed E-state index contributed by atoms with van der Waals surface area (Å²) in [5, 5.41) is 1.11. The van der Waals surface area contributed by atoms with Gasteiger partial charge < -0.3 is 14.5 Å². The van der Waals surface area contributed by atoms with Crippen molar-refractivity contribution in [3.8, 4) is 0 Å². The largest absolute Gasteiger partial charge is 0.356 e. The topological polar surface area (TPSA) is 62.6 Å². The van der Waals surface area contributed by atoms with Crippen molar-refractivity contribution in [1.29, 1.82) is 0 Å². The SMILES string of the molecule is CCCCn1ccnc1C1CCN(c2ncnc3[nH]ccc23)CC1. The summed E-state index contributed by atoms with van der Waals surface area (Å²) in [5.74, 6) is 2.86. The van der Waals surface area contributed by atoms with E-state index in [4.69, 9.17) is 0 Å². The summed E-state index contributed by atoms with van der Waals surface area (Å²) in [5.41, 5.74) is 0.914. The Morgan fingerprint density at radius 3 is 2.92 bits per heavy atom. The van der Waals surface area contributed by atoms with Crippen LogP contribution in [0, 0.1) is 0 Å². The molecule has 0 amide bonds. The van der Waals surface area contributed by atoms with Crippen LogP contribution in [-0.4, -0.2) is 37.6 Å². The smallest absolute Gasteiger partial charge is 0.142 e. The van der Waals surface area contributed by atoms with Crippen LogP contribution in [0.4, 0.5) is 5.82 Å². The van der Waals surface area contributed by atoms with Gasteiger partial charge in [-0.1, -0.05) is 13.3 Å². The minimum atomic E-state index is 0.552. The van der Waals surface area contributed by atoms with E-state index in [-0.39, 0.29) is 0 Å². The van der Waals surface area contributed by atoms with Gasteiger partial charge in [0.2, 0.25) is 0 Å². The fraction of sp³-hybridized carbons (Fsp3) is 0.500. The van der Waals surface area contributed by atoms with E-state index >= 15 is 0 Å². The van der Waals surface area contributed by atoms with Crippen molar-refractivity contribution in [3.05, 3.63) is 36.8 Å². The maximum atomic E-state index is 4.65. The molecule has 0 radical (unpaired) electrons. The molecule has 0 atom stereocenters. The molecule has 3 aromatic heterocycles. The number of aryl methyl sites for hydroxylation is 1. The third-order valence-electron chi connectivity index (χ3n) is 4.99. The molecule has 3 aromatic rings. The molecule has 126 valence electrons. The lowest BCUT2D eigenvalue weighted by molar-refractivity contribution is 0.459. The molecule has 0 aromatic carbocycles. The first kappa shape index (κ1) is 15.2. The highest BCUT2D eigenvalue weighted by Crippen LogP contribution is 2.31. The first-order chi connectivity index (χ1) is 11.9. The van der Waals surface area contributed by atoms with Crippen LogP contribution in [0.25, 0.3) is 11.0 Å². The first-order valence-electron chi connectivity index (χ1n) is 8.91. The fourth-order valence-electron chi connectivity index (χ4n) is 3.66. The first-order valence-corrected chi connectivity index (χ1v) is 8.91. The lowest BCUT2D eigenvalue weighted by atomic mass is 9.95. The Kier molecular flexibility index (Phi) is 4.19. The molecule has 1 N–H and O–H groups in total. The van der Waals surface area contributed by atoms with Crippen LogP contribution in [0.3, 0.4) is 0 Å². The van der Waals surface area contributed by atoms with Gasteiger partial charge in [0.1, 0.15) is 23.6 Å². The number of anilines is 1. The molecule has 0 spiro atoms. The molecule has 0 saturated carbocycles. The summed E-state index contributed by atoms with van der Waals surface area (Å²) >= 11 is 0. The molecule has 0 bridgehead atoms. The van der Waals surface area contributed by atoms with Gasteiger partial charge in [-0.15, -0.1) is 0 Å². The Balaban J connectivity index is 1.47. The highest BCUT2D eigenvalue weighted by Gasteiger charge is 2.25. The van der Waals surface area contributed by atoms with E-state index in [1.165, 1.54) is 18.7 Å². The third kappa shape index (κ3) is 2.77. The maximum absolute atomic E-state index is 4.65. The number of nitrogens with zero attached hydrogens (tertiary/aromatic N) is 5. The standard InChI is InChI=1S/C18H24N6/c1-2-3-9-23-12-8-20-17(23)14-5-10-24(11-6-14)18-15-4-7-19-16(15)21-13-22-18/h4,7-8,12-14H,2-3,5-6,9-11H2,1H3,(H,19,21,22). The minimum absolute atomic E-state index is 0.552. The molecule has 4 rings (SSSR count). The molecule has 0 unspecified atom stereocenters. The second-order valence-corrected chi connectivity index (χ2v) is 6.53. The molecule has 1 aliphatic heterocycles. The molecule has 1 fully saturated rings. The number of hydrogen-bond acceptors (Lipinski definition) is 4. The Hall–Kier alpha value is -2.37. The zero-order valence-corrected chi connectivity index (χ0v) is 14.1. The van der Waals surface area contributed by atoms with Crippen molar-refractivity contribution in [2.24, 2.45) is 0 Å². The van der Waals surface area contributed by atoms with Crippen LogP contribution >= 0.6 is 0 Å². The van der Waals surface area contributed by atoms with Crippen LogP contribution < -0.4 is 4.90 Å². The summed E-state index contributed by atoms with van der Waals surface area (Å²) < 4.78 is 2.35. The number of H-pyrrole nitrogens is 1. The molecular formula is C18H24N6. The van der Waals surface area contributed by atoms with E-state index < -0.39 is 0 Å². The summed E-state index contributed by atoms with van der Waals surface area (Å²) in [6, 6.07) is 2.06. The van der Waals surface area contributed by atoms with E-state index in [1.807, 2.05) is 12.4 Å². The van der Waals surface area contributed by atoms with E-state index in [1.54, 1.807) is 6.33 Å². The van der Waals surface area contributed by atoms with E-state index in [2.05, 4.69) is 48.6 Å². The van der Waals surface area contributed by atoms with Gasteiger partial charge in [0, 0.05) is 44.1 Å². The summed E-state index contributed by atoms with van der Waals surface area (Å²) in [6.45, 7) is 5.35. The van der Waals surface area contributed by atoms with Crippen LogP contribution in [-0.2, 0) is 6.54 Å². The molecule has 1 saturated heterocycles. The molecule has 0 aliphatic carbocycles. The van der Waals surface area contributed by atoms with Gasteiger partial charge in [-0.05, 0) is 25.3 Å². The lowest BCUT2D eigenvalue weighted by Gasteiger charge is -2.33. The second kappa shape index (κ2) is 6.63. The number of rotatable bonds is 5. The zero-order valence-electron chi connectivity index (χ0n) is 14.1. The van der Waals surface area contributed by atoms with Crippen molar-refractivity contribution in [1.82, 2.24) is 24.5 Å². The number of hydrogen-bond donors (Lipinski definition) is 1. The molecule has 6 nitrogen and oxygen atoms in total. The number of imidazole rings is 1. The number of aromatic nitrogens is 5. The number of fused-ring (bicyclic) bond motifs is 1. The van der Waals surface area contributed by atoms with Gasteiger partial charge in [-0.2, -0.15) is 0 Å². The predicted molar refractivity (Wildman–Crippen MR) is 95.2 cm³/mol. The van der Waals surface area contributed by atoms with Gasteiger partial charge in [0.05, 0.1) is 5.39 Å². The Morgan fingerprint density at radius 2 is 2.08 bits per heavy atom. The normalized spacial score (nSPS) is 16.1. The number of nitrogens with one attached hydrogen (secondary N) is 1. The van der Waals surface area contributed by atoms with Crippen LogP contribution in [0.5, 0.6) is 0 Å². The van der Waals surface area contributed by atoms with Crippen molar-refractivity contribution >= 4 is 16.9 Å². The third-order valence-corrected chi connectivity index (χ3v) is 4.99. The van der Waals surface area contributed by atoms with Crippen molar-refractivity contribution < 1.29 is 0 Å². The zero-order chi connectivity index (χ0) is 16.4. The average Bonchev–Trinajstić information content (AvgIpc) is 3.29. The monoisotopic (exact) mass is 324 g/mol. The summed E-state index contributed by atoms with van der Waals surface area (Å²) in [7, 11) is 0. The van der Waals surface area contributed by atoms with Crippen molar-refractivity contribution in [3.63, 3.8) is 0 Å². The highest BCUT2D eigenvalue weighted by atomic mass is 15.2. The number of unbranched alkanes of at least 4 members (excludes halogenated alkanes) is 1. The molecular weight excluding hydrogens is 300 g/mol.